The average molecular weight is 241 g/mol. The van der Waals surface area contributed by atoms with Gasteiger partial charge in [-0.2, -0.15) is 0 Å². The molecule has 0 unspecified atom stereocenters. The zero-order chi connectivity index (χ0) is 13.1. The summed E-state index contributed by atoms with van der Waals surface area (Å²) in [4.78, 5) is 2.72. The Morgan fingerprint density at radius 3 is 1.76 bits per heavy atom. The van der Waals surface area contributed by atoms with Gasteiger partial charge in [0.1, 0.15) is 0 Å². The summed E-state index contributed by atoms with van der Waals surface area (Å²) in [5, 5.41) is 0. The van der Waals surface area contributed by atoms with Crippen LogP contribution in [0.15, 0.2) is 0 Å². The number of hydrogen-bond donors (Lipinski definition) is 0. The molecule has 1 saturated carbocycles. The van der Waals surface area contributed by atoms with Gasteiger partial charge in [-0.1, -0.05) is 53.9 Å². The highest BCUT2D eigenvalue weighted by Gasteiger charge is 2.27. The molecule has 0 amide bonds. The molecule has 1 heterocycles. The van der Waals surface area contributed by atoms with Crippen LogP contribution < -0.4 is 0 Å². The molecule has 1 heteroatoms. The van der Waals surface area contributed by atoms with Crippen LogP contribution in [-0.2, 0) is 0 Å². The van der Waals surface area contributed by atoms with Gasteiger partial charge < -0.3 is 4.90 Å². The molecule has 0 aromatic carbocycles. The summed E-state index contributed by atoms with van der Waals surface area (Å²) in [7, 11) is 0. The molecule has 0 aromatic heterocycles. The van der Waals surface area contributed by atoms with Crippen molar-refractivity contribution < 1.29 is 0 Å². The standard InChI is InChI=1S/C10H19N.2C3H8/c1-9-4-3-7-11(8-9)10-5-2-6-10;2*1-3-2/h9-10H,2-8H2,1H3;2*3H2,1-2H3/t9-;;/m0../s1. The summed E-state index contributed by atoms with van der Waals surface area (Å²) >= 11 is 0. The van der Waals surface area contributed by atoms with Crippen LogP contribution in [0.4, 0.5) is 0 Å². The monoisotopic (exact) mass is 241 g/mol. The Bertz CT molecular complexity index is 150. The molecule has 0 N–H and O–H groups in total. The first-order valence-electron chi connectivity index (χ1n) is 7.93. The smallest absolute Gasteiger partial charge is 0.00953 e. The highest BCUT2D eigenvalue weighted by atomic mass is 15.2. The van der Waals surface area contributed by atoms with Gasteiger partial charge >= 0.3 is 0 Å². The minimum atomic E-state index is 0.962. The quantitative estimate of drug-likeness (QED) is 0.617. The topological polar surface area (TPSA) is 3.24 Å². The van der Waals surface area contributed by atoms with E-state index in [1.807, 2.05) is 0 Å². The van der Waals surface area contributed by atoms with Gasteiger partial charge in [-0.25, -0.2) is 0 Å². The van der Waals surface area contributed by atoms with Gasteiger partial charge in [-0.15, -0.1) is 0 Å². The highest BCUT2D eigenvalue weighted by molar-refractivity contribution is 4.83. The van der Waals surface area contributed by atoms with Crippen LogP contribution in [0.25, 0.3) is 0 Å². The fourth-order valence-electron chi connectivity index (χ4n) is 2.31. The molecule has 2 aliphatic rings. The van der Waals surface area contributed by atoms with Gasteiger partial charge in [-0.05, 0) is 38.1 Å². The zero-order valence-electron chi connectivity index (χ0n) is 13.0. The van der Waals surface area contributed by atoms with Crippen LogP contribution in [0, 0.1) is 5.92 Å². The lowest BCUT2D eigenvalue weighted by molar-refractivity contribution is 0.0817. The number of nitrogens with zero attached hydrogens (tertiary/aromatic N) is 1. The van der Waals surface area contributed by atoms with E-state index in [1.54, 1.807) is 0 Å². The molecule has 104 valence electrons. The third-order valence-corrected chi connectivity index (χ3v) is 3.28. The first-order chi connectivity index (χ1) is 8.19. The van der Waals surface area contributed by atoms with Crippen LogP contribution in [0.1, 0.15) is 79.6 Å². The Labute approximate surface area is 110 Å². The van der Waals surface area contributed by atoms with Gasteiger partial charge in [-0.3, -0.25) is 0 Å². The van der Waals surface area contributed by atoms with Crippen LogP contribution in [-0.4, -0.2) is 24.0 Å². The summed E-state index contributed by atoms with van der Waals surface area (Å²) in [6.45, 7) is 13.7. The molecule has 1 nitrogen and oxygen atoms in total. The maximum Gasteiger partial charge on any atom is 0.00953 e. The molecular weight excluding hydrogens is 206 g/mol. The zero-order valence-corrected chi connectivity index (χ0v) is 13.0. The van der Waals surface area contributed by atoms with Crippen LogP contribution in [0.3, 0.4) is 0 Å². The van der Waals surface area contributed by atoms with Gasteiger partial charge in [0.15, 0.2) is 0 Å². The predicted octanol–water partition coefficient (Wildman–Crippen LogP) is 5.10. The van der Waals surface area contributed by atoms with E-state index in [4.69, 9.17) is 0 Å². The molecule has 2 fully saturated rings. The van der Waals surface area contributed by atoms with E-state index in [0.717, 1.165) is 12.0 Å². The summed E-state index contributed by atoms with van der Waals surface area (Å²) in [6.07, 6.45) is 9.84. The van der Waals surface area contributed by atoms with Crippen molar-refractivity contribution in [3.8, 4) is 0 Å². The third-order valence-electron chi connectivity index (χ3n) is 3.28. The van der Waals surface area contributed by atoms with Gasteiger partial charge in [0, 0.05) is 12.6 Å². The number of likely N-dealkylation sites (tertiary alicyclic amines) is 1. The van der Waals surface area contributed by atoms with E-state index in [1.165, 1.54) is 58.0 Å². The Kier molecular flexibility index (Phi) is 11.0. The Balaban J connectivity index is 0.000000366. The molecule has 0 spiro atoms. The van der Waals surface area contributed by atoms with E-state index in [2.05, 4.69) is 39.5 Å². The minimum absolute atomic E-state index is 0.962. The molecule has 17 heavy (non-hydrogen) atoms. The first kappa shape index (κ1) is 17.0. The van der Waals surface area contributed by atoms with Crippen LogP contribution >= 0.6 is 0 Å². The molecule has 1 saturated heterocycles. The van der Waals surface area contributed by atoms with Crippen molar-refractivity contribution >= 4 is 0 Å². The second-order valence-corrected chi connectivity index (χ2v) is 5.74. The molecule has 0 bridgehead atoms. The summed E-state index contributed by atoms with van der Waals surface area (Å²) in [5.41, 5.74) is 0. The van der Waals surface area contributed by atoms with Gasteiger partial charge in [0.05, 0.1) is 0 Å². The van der Waals surface area contributed by atoms with E-state index >= 15 is 0 Å². The van der Waals surface area contributed by atoms with Crippen molar-refractivity contribution in [1.82, 2.24) is 4.90 Å². The van der Waals surface area contributed by atoms with Crippen LogP contribution in [0.5, 0.6) is 0 Å². The fraction of sp³-hybridized carbons (Fsp3) is 1.00. The van der Waals surface area contributed by atoms with Crippen molar-refractivity contribution in [2.45, 2.75) is 85.6 Å². The SMILES string of the molecule is CCC.CCC.C[C@H]1CCCN(C2CCC2)C1. The molecule has 1 aliphatic carbocycles. The van der Waals surface area contributed by atoms with Crippen molar-refractivity contribution in [3.05, 3.63) is 0 Å². The largest absolute Gasteiger partial charge is 0.300 e. The van der Waals surface area contributed by atoms with Crippen molar-refractivity contribution in [1.29, 1.82) is 0 Å². The summed E-state index contributed by atoms with van der Waals surface area (Å²) in [6, 6.07) is 0.984. The predicted molar refractivity (Wildman–Crippen MR) is 79.5 cm³/mol. The van der Waals surface area contributed by atoms with Crippen molar-refractivity contribution in [2.75, 3.05) is 13.1 Å². The molecule has 0 radical (unpaired) electrons. The first-order valence-corrected chi connectivity index (χ1v) is 7.93. The lowest BCUT2D eigenvalue weighted by Crippen LogP contribution is -2.45. The second kappa shape index (κ2) is 11.1. The maximum absolute atomic E-state index is 2.72. The Morgan fingerprint density at radius 1 is 0.882 bits per heavy atom. The maximum atomic E-state index is 2.72. The molecule has 2 rings (SSSR count). The Morgan fingerprint density at radius 2 is 1.41 bits per heavy atom. The lowest BCUT2D eigenvalue weighted by atomic mass is 9.88. The second-order valence-electron chi connectivity index (χ2n) is 5.74. The van der Waals surface area contributed by atoms with E-state index in [0.29, 0.717) is 0 Å². The molecule has 1 aliphatic heterocycles. The fourth-order valence-corrected chi connectivity index (χ4v) is 2.31. The molecular formula is C16H35N. The summed E-state index contributed by atoms with van der Waals surface area (Å²) in [5.74, 6) is 0.962. The van der Waals surface area contributed by atoms with E-state index in [-0.39, 0.29) is 0 Å². The minimum Gasteiger partial charge on any atom is -0.300 e. The number of hydrogen-bond acceptors (Lipinski definition) is 1. The molecule has 0 aromatic rings. The van der Waals surface area contributed by atoms with Crippen molar-refractivity contribution in [2.24, 2.45) is 5.92 Å². The number of piperidine rings is 1. The van der Waals surface area contributed by atoms with Crippen LogP contribution in [0.2, 0.25) is 0 Å². The normalized spacial score (nSPS) is 24.9. The highest BCUT2D eigenvalue weighted by Crippen LogP contribution is 2.28. The lowest BCUT2D eigenvalue weighted by Gasteiger charge is -2.41. The third kappa shape index (κ3) is 7.81. The van der Waals surface area contributed by atoms with Crippen molar-refractivity contribution in [3.63, 3.8) is 0 Å². The summed E-state index contributed by atoms with van der Waals surface area (Å²) < 4.78 is 0. The van der Waals surface area contributed by atoms with Gasteiger partial charge in [0.25, 0.3) is 0 Å². The number of rotatable bonds is 1. The average Bonchev–Trinajstić information content (AvgIpc) is 2.17. The van der Waals surface area contributed by atoms with Gasteiger partial charge in [0.2, 0.25) is 0 Å². The van der Waals surface area contributed by atoms with E-state index < -0.39 is 0 Å². The Hall–Kier alpha value is -0.0400. The van der Waals surface area contributed by atoms with E-state index in [9.17, 15) is 0 Å². The molecule has 1 atom stereocenters.